The number of nitrogens with one attached hydrogen (secondary N) is 1. The zero-order valence-corrected chi connectivity index (χ0v) is 21.5. The van der Waals surface area contributed by atoms with E-state index in [1.165, 1.54) is 7.11 Å². The first-order valence-corrected chi connectivity index (χ1v) is 12.9. The molecule has 2 heterocycles. The number of halogens is 1. The Morgan fingerprint density at radius 3 is 2.62 bits per heavy atom. The minimum Gasteiger partial charge on any atom is -0.496 e. The van der Waals surface area contributed by atoms with E-state index in [9.17, 15) is 14.0 Å². The number of carbonyl (C=O) groups is 2. The molecule has 1 aromatic carbocycles. The number of hydrogen-bond acceptors (Lipinski definition) is 6. The molecule has 0 unspecified atom stereocenters. The van der Waals surface area contributed by atoms with Gasteiger partial charge in [-0.3, -0.25) is 9.59 Å². The molecule has 2 fully saturated rings. The lowest BCUT2D eigenvalue weighted by atomic mass is 9.87. The second-order valence-electron chi connectivity index (χ2n) is 9.54. The minimum absolute atomic E-state index is 0.0563. The number of methoxy groups -OCH3 is 1. The van der Waals surface area contributed by atoms with Crippen LogP contribution in [0.1, 0.15) is 61.9 Å². The van der Waals surface area contributed by atoms with E-state index in [0.717, 1.165) is 32.3 Å². The van der Waals surface area contributed by atoms with Crippen molar-refractivity contribution in [3.05, 3.63) is 29.5 Å². The molecule has 3 atom stereocenters. The van der Waals surface area contributed by atoms with Gasteiger partial charge in [-0.1, -0.05) is 18.8 Å². The molecule has 9 heteroatoms. The molecule has 4 rings (SSSR count). The average Bonchev–Trinajstić information content (AvgIpc) is 3.18. The van der Waals surface area contributed by atoms with Crippen molar-refractivity contribution >= 4 is 22.6 Å². The number of aromatic nitrogens is 1. The van der Waals surface area contributed by atoms with Gasteiger partial charge >= 0.3 is 0 Å². The van der Waals surface area contributed by atoms with Crippen LogP contribution in [0, 0.1) is 23.7 Å². The Labute approximate surface area is 216 Å². The van der Waals surface area contributed by atoms with Gasteiger partial charge in [-0.15, -0.1) is 0 Å². The molecular formula is C28H34FN3O5. The first-order chi connectivity index (χ1) is 17.9. The van der Waals surface area contributed by atoms with Crippen LogP contribution in [0.2, 0.25) is 0 Å². The van der Waals surface area contributed by atoms with Crippen LogP contribution in [0.4, 0.5) is 4.39 Å². The number of primary amides is 1. The normalized spacial score (nSPS) is 25.3. The number of benzene rings is 1. The van der Waals surface area contributed by atoms with E-state index in [-0.39, 0.29) is 29.7 Å². The van der Waals surface area contributed by atoms with Gasteiger partial charge in [-0.2, -0.15) is 0 Å². The van der Waals surface area contributed by atoms with E-state index in [2.05, 4.69) is 22.1 Å². The van der Waals surface area contributed by atoms with Crippen LogP contribution < -0.4 is 20.5 Å². The second-order valence-corrected chi connectivity index (χ2v) is 9.54. The van der Waals surface area contributed by atoms with Gasteiger partial charge in [-0.25, -0.2) is 9.37 Å². The van der Waals surface area contributed by atoms with Crippen LogP contribution in [-0.2, 0) is 9.53 Å². The molecule has 1 aliphatic carbocycles. The van der Waals surface area contributed by atoms with E-state index in [4.69, 9.17) is 19.9 Å². The minimum atomic E-state index is -1.55. The van der Waals surface area contributed by atoms with Gasteiger partial charge in [0.15, 0.2) is 6.17 Å². The highest BCUT2D eigenvalue weighted by molar-refractivity contribution is 6.03. The molecule has 3 N–H and O–H groups in total. The summed E-state index contributed by atoms with van der Waals surface area (Å²) in [6.07, 6.45) is 4.75. The molecule has 37 heavy (non-hydrogen) atoms. The molecule has 2 aromatic rings. The van der Waals surface area contributed by atoms with Crippen molar-refractivity contribution in [3.8, 4) is 23.5 Å². The summed E-state index contributed by atoms with van der Waals surface area (Å²) in [7, 11) is 1.45. The molecule has 1 aliphatic heterocycles. The van der Waals surface area contributed by atoms with Gasteiger partial charge in [0.25, 0.3) is 11.8 Å². The van der Waals surface area contributed by atoms with Crippen molar-refractivity contribution < 1.29 is 28.2 Å². The number of pyridine rings is 1. The number of fused-ring (bicyclic) bond motifs is 1. The third-order valence-corrected chi connectivity index (χ3v) is 7.27. The highest BCUT2D eigenvalue weighted by atomic mass is 19.1. The molecule has 0 radical (unpaired) electrons. The van der Waals surface area contributed by atoms with Crippen LogP contribution in [0.5, 0.6) is 11.6 Å². The van der Waals surface area contributed by atoms with Crippen molar-refractivity contribution in [2.75, 3.05) is 20.3 Å². The lowest BCUT2D eigenvalue weighted by molar-refractivity contribution is -0.123. The number of rotatable bonds is 8. The van der Waals surface area contributed by atoms with Crippen LogP contribution >= 0.6 is 0 Å². The van der Waals surface area contributed by atoms with Crippen molar-refractivity contribution in [1.29, 1.82) is 0 Å². The quantitative estimate of drug-likeness (QED) is 0.525. The first kappa shape index (κ1) is 26.7. The van der Waals surface area contributed by atoms with Crippen molar-refractivity contribution in [3.63, 3.8) is 0 Å². The Kier molecular flexibility index (Phi) is 8.49. The molecule has 8 nitrogen and oxygen atoms in total. The fraction of sp³-hybridized carbons (Fsp3) is 0.536. The Morgan fingerprint density at radius 1 is 1.22 bits per heavy atom. The molecule has 1 saturated heterocycles. The standard InChI is InChI=1S/C28H34FN3O5/c1-4-19-23(32-27(34)25(19)29)15-37-28-21-13-24(35-3)22(26(30)33)12-20(21)17(14-31-28)9-6-16-7-10-18(11-8-16)36-5-2/h12-14,16,18-19,23,25H,4-5,7-8,10-11,15H2,1-3H3,(H2,30,33)(H,32,34)/t16?,18?,19-,23+,25-/m0/s1. The molecular weight excluding hydrogens is 477 g/mol. The summed E-state index contributed by atoms with van der Waals surface area (Å²) in [4.78, 5) is 28.4. The number of nitrogens with two attached hydrogens (primary N) is 1. The second kappa shape index (κ2) is 11.8. The van der Waals surface area contributed by atoms with E-state index in [1.54, 1.807) is 18.3 Å². The number of ether oxygens (including phenoxy) is 3. The van der Waals surface area contributed by atoms with Crippen molar-refractivity contribution in [2.45, 2.75) is 64.3 Å². The van der Waals surface area contributed by atoms with Crippen LogP contribution in [-0.4, -0.2) is 55.4 Å². The number of alkyl halides is 1. The molecule has 0 spiro atoms. The molecule has 198 valence electrons. The maximum atomic E-state index is 14.2. The number of carbonyl (C=O) groups excluding carboxylic acids is 2. The lowest BCUT2D eigenvalue weighted by Crippen LogP contribution is -2.34. The van der Waals surface area contributed by atoms with Gasteiger partial charge in [0.05, 0.1) is 30.4 Å². The largest absolute Gasteiger partial charge is 0.496 e. The third-order valence-electron chi connectivity index (χ3n) is 7.27. The molecule has 0 bridgehead atoms. The summed E-state index contributed by atoms with van der Waals surface area (Å²) in [5, 5.41) is 3.90. The molecule has 1 aromatic heterocycles. The molecule has 2 aliphatic rings. The van der Waals surface area contributed by atoms with E-state index in [1.807, 2.05) is 13.8 Å². The summed E-state index contributed by atoms with van der Waals surface area (Å²) >= 11 is 0. The Morgan fingerprint density at radius 2 is 1.97 bits per heavy atom. The number of nitrogens with zero attached hydrogens (tertiary/aromatic N) is 1. The smallest absolute Gasteiger partial charge is 0.255 e. The summed E-state index contributed by atoms with van der Waals surface area (Å²) in [6, 6.07) is 2.83. The zero-order chi connectivity index (χ0) is 26.5. The van der Waals surface area contributed by atoms with Gasteiger partial charge in [0, 0.05) is 35.4 Å². The zero-order valence-electron chi connectivity index (χ0n) is 21.5. The van der Waals surface area contributed by atoms with E-state index in [0.29, 0.717) is 28.9 Å². The topological polar surface area (TPSA) is 113 Å². The van der Waals surface area contributed by atoms with Gasteiger partial charge in [-0.05, 0) is 51.2 Å². The fourth-order valence-electron chi connectivity index (χ4n) is 5.20. The SMILES string of the molecule is CCOC1CCC(C#Cc2cnc(OC[C@H]3NC(=O)[C@@H](F)[C@H]3CC)c3cc(OC)c(C(N)=O)cc23)CC1. The fourth-order valence-corrected chi connectivity index (χ4v) is 5.20. The predicted octanol–water partition coefficient (Wildman–Crippen LogP) is 3.53. The maximum absolute atomic E-state index is 14.2. The highest BCUT2D eigenvalue weighted by Gasteiger charge is 2.41. The van der Waals surface area contributed by atoms with E-state index >= 15 is 0 Å². The number of hydrogen-bond donors (Lipinski definition) is 2. The highest BCUT2D eigenvalue weighted by Crippen LogP contribution is 2.34. The van der Waals surface area contributed by atoms with E-state index < -0.39 is 29.9 Å². The van der Waals surface area contributed by atoms with Crippen LogP contribution in [0.3, 0.4) is 0 Å². The lowest BCUT2D eigenvalue weighted by Gasteiger charge is -2.25. The first-order valence-electron chi connectivity index (χ1n) is 12.9. The Hall–Kier alpha value is -3.38. The summed E-state index contributed by atoms with van der Waals surface area (Å²) in [6.45, 7) is 4.63. The van der Waals surface area contributed by atoms with Gasteiger partial charge in [0.1, 0.15) is 12.4 Å². The molecule has 2 amide bonds. The Bertz CT molecular complexity index is 1220. The van der Waals surface area contributed by atoms with Crippen LogP contribution in [0.15, 0.2) is 18.3 Å². The number of amides is 2. The van der Waals surface area contributed by atoms with Crippen LogP contribution in [0.25, 0.3) is 10.8 Å². The van der Waals surface area contributed by atoms with Crippen molar-refractivity contribution in [2.24, 2.45) is 17.6 Å². The molecule has 1 saturated carbocycles. The van der Waals surface area contributed by atoms with Gasteiger partial charge < -0.3 is 25.3 Å². The van der Waals surface area contributed by atoms with Crippen molar-refractivity contribution in [1.82, 2.24) is 10.3 Å². The monoisotopic (exact) mass is 511 g/mol. The maximum Gasteiger partial charge on any atom is 0.255 e. The Balaban J connectivity index is 1.64. The average molecular weight is 512 g/mol. The third kappa shape index (κ3) is 5.80. The summed E-state index contributed by atoms with van der Waals surface area (Å²) in [5.74, 6) is 5.72. The predicted molar refractivity (Wildman–Crippen MR) is 137 cm³/mol. The summed E-state index contributed by atoms with van der Waals surface area (Å²) in [5.41, 5.74) is 6.47. The van der Waals surface area contributed by atoms with Gasteiger partial charge in [0.2, 0.25) is 5.88 Å². The summed E-state index contributed by atoms with van der Waals surface area (Å²) < 4.78 is 31.3.